The number of carbonyl (C=O) groups is 2. The third kappa shape index (κ3) is 3.96. The second-order valence-corrected chi connectivity index (χ2v) is 6.23. The molecule has 0 saturated carbocycles. The van der Waals surface area contributed by atoms with Crippen molar-refractivity contribution >= 4 is 11.7 Å². The van der Waals surface area contributed by atoms with Gasteiger partial charge in [-0.1, -0.05) is 0 Å². The Morgan fingerprint density at radius 1 is 1.17 bits per heavy atom. The highest BCUT2D eigenvalue weighted by Crippen LogP contribution is 2.27. The smallest absolute Gasteiger partial charge is 0.230 e. The molecule has 1 aromatic carbocycles. The van der Waals surface area contributed by atoms with Crippen LogP contribution in [0.3, 0.4) is 0 Å². The fourth-order valence-corrected chi connectivity index (χ4v) is 3.24. The van der Waals surface area contributed by atoms with Crippen molar-refractivity contribution < 1.29 is 23.1 Å². The Balaban J connectivity index is 1.56. The molecule has 2 heterocycles. The molecule has 2 atom stereocenters. The molecule has 2 aliphatic rings. The summed E-state index contributed by atoms with van der Waals surface area (Å²) < 4.78 is 31.8. The summed E-state index contributed by atoms with van der Waals surface area (Å²) in [5.41, 5.74) is 0.537. The molecule has 2 fully saturated rings. The van der Waals surface area contributed by atoms with Crippen molar-refractivity contribution in [2.75, 3.05) is 32.8 Å². The number of morpholine rings is 1. The molecule has 0 spiro atoms. The van der Waals surface area contributed by atoms with E-state index in [0.29, 0.717) is 44.8 Å². The minimum absolute atomic E-state index is 0.136. The Kier molecular flexibility index (Phi) is 5.20. The molecule has 0 bridgehead atoms. The first kappa shape index (κ1) is 17.0. The average Bonchev–Trinajstić information content (AvgIpc) is 3.05. The maximum atomic E-state index is 13.3. The van der Waals surface area contributed by atoms with Crippen LogP contribution in [-0.2, 0) is 14.3 Å². The average molecular weight is 338 g/mol. The van der Waals surface area contributed by atoms with Crippen molar-refractivity contribution in [1.29, 1.82) is 0 Å². The number of halogens is 2. The Morgan fingerprint density at radius 2 is 1.83 bits per heavy atom. The zero-order valence-electron chi connectivity index (χ0n) is 13.3. The Labute approximate surface area is 139 Å². The molecular weight excluding hydrogens is 318 g/mol. The van der Waals surface area contributed by atoms with Crippen LogP contribution in [-0.4, -0.2) is 55.5 Å². The first-order valence-electron chi connectivity index (χ1n) is 8.10. The van der Waals surface area contributed by atoms with Gasteiger partial charge in [-0.15, -0.1) is 0 Å². The summed E-state index contributed by atoms with van der Waals surface area (Å²) >= 11 is 0. The summed E-state index contributed by atoms with van der Waals surface area (Å²) in [6.45, 7) is 2.47. The van der Waals surface area contributed by atoms with Crippen LogP contribution in [0, 0.1) is 11.6 Å². The molecule has 2 saturated heterocycles. The number of rotatable bonds is 4. The molecular formula is C17H20F2N2O3. The summed E-state index contributed by atoms with van der Waals surface area (Å²) in [4.78, 5) is 26.1. The number of Topliss-reactive ketones (excluding diaryl/α,β-unsaturated/α-hetero) is 1. The molecule has 5 nitrogen and oxygen atoms in total. The molecule has 3 rings (SSSR count). The Morgan fingerprint density at radius 3 is 2.50 bits per heavy atom. The fourth-order valence-electron chi connectivity index (χ4n) is 3.24. The number of nitrogens with one attached hydrogen (secondary N) is 1. The quantitative estimate of drug-likeness (QED) is 0.839. The van der Waals surface area contributed by atoms with Crippen LogP contribution in [0.2, 0.25) is 0 Å². The largest absolute Gasteiger partial charge is 0.378 e. The summed E-state index contributed by atoms with van der Waals surface area (Å²) in [6.07, 6.45) is 0.292. The number of ether oxygens (including phenoxy) is 1. The summed E-state index contributed by atoms with van der Waals surface area (Å²) in [7, 11) is 0. The number of amides is 1. The van der Waals surface area contributed by atoms with Gasteiger partial charge in [-0.2, -0.15) is 0 Å². The Bertz CT molecular complexity index is 612. The topological polar surface area (TPSA) is 58.6 Å². The predicted octanol–water partition coefficient (Wildman–Crippen LogP) is 1.23. The SMILES string of the molecule is O=C(CC(=O)N1CCOCC1)C1C[C@@H](c2cc(F)cc(F)c2)CN1. The second kappa shape index (κ2) is 7.36. The maximum absolute atomic E-state index is 13.3. The van der Waals surface area contributed by atoms with E-state index in [4.69, 9.17) is 4.74 Å². The Hall–Kier alpha value is -1.86. The van der Waals surface area contributed by atoms with Gasteiger partial charge in [0.05, 0.1) is 25.7 Å². The van der Waals surface area contributed by atoms with Gasteiger partial charge in [0.2, 0.25) is 5.91 Å². The fraction of sp³-hybridized carbons (Fsp3) is 0.529. The molecule has 1 aromatic rings. The van der Waals surface area contributed by atoms with Crippen molar-refractivity contribution in [3.05, 3.63) is 35.4 Å². The van der Waals surface area contributed by atoms with Crippen molar-refractivity contribution in [3.63, 3.8) is 0 Å². The van der Waals surface area contributed by atoms with Crippen molar-refractivity contribution in [1.82, 2.24) is 10.2 Å². The van der Waals surface area contributed by atoms with E-state index in [1.54, 1.807) is 4.90 Å². The number of carbonyl (C=O) groups excluding carboxylic acids is 2. The van der Waals surface area contributed by atoms with Crippen LogP contribution in [0.4, 0.5) is 8.78 Å². The lowest BCUT2D eigenvalue weighted by Gasteiger charge is -2.27. The molecule has 0 aromatic heterocycles. The van der Waals surface area contributed by atoms with Gasteiger partial charge in [-0.05, 0) is 30.0 Å². The second-order valence-electron chi connectivity index (χ2n) is 6.23. The lowest BCUT2D eigenvalue weighted by atomic mass is 9.94. The van der Waals surface area contributed by atoms with Gasteiger partial charge in [0.15, 0.2) is 5.78 Å². The van der Waals surface area contributed by atoms with Gasteiger partial charge in [0.1, 0.15) is 11.6 Å². The standard InChI is InChI=1S/C17H20F2N2O3/c18-13-5-11(6-14(19)8-13)12-7-15(20-10-12)16(22)9-17(23)21-1-3-24-4-2-21/h5-6,8,12,15,20H,1-4,7,9-10H2/t12-,15?/m1/s1. The minimum Gasteiger partial charge on any atom is -0.378 e. The molecule has 24 heavy (non-hydrogen) atoms. The summed E-state index contributed by atoms with van der Waals surface area (Å²) in [6, 6.07) is 2.96. The summed E-state index contributed by atoms with van der Waals surface area (Å²) in [5, 5.41) is 3.06. The normalized spacial score (nSPS) is 24.2. The highest BCUT2D eigenvalue weighted by molar-refractivity contribution is 6.00. The van der Waals surface area contributed by atoms with Crippen molar-refractivity contribution in [2.24, 2.45) is 0 Å². The highest BCUT2D eigenvalue weighted by atomic mass is 19.1. The van der Waals surface area contributed by atoms with E-state index in [2.05, 4.69) is 5.32 Å². The van der Waals surface area contributed by atoms with Crippen LogP contribution in [0.1, 0.15) is 24.3 Å². The predicted molar refractivity (Wildman–Crippen MR) is 82.5 cm³/mol. The van der Waals surface area contributed by atoms with E-state index in [9.17, 15) is 18.4 Å². The van der Waals surface area contributed by atoms with Gasteiger partial charge >= 0.3 is 0 Å². The molecule has 2 aliphatic heterocycles. The molecule has 7 heteroatoms. The molecule has 1 N–H and O–H groups in total. The minimum atomic E-state index is -0.623. The van der Waals surface area contributed by atoms with Crippen molar-refractivity contribution in [2.45, 2.75) is 24.8 Å². The van der Waals surface area contributed by atoms with Gasteiger partial charge in [-0.25, -0.2) is 8.78 Å². The maximum Gasteiger partial charge on any atom is 0.230 e. The third-order valence-electron chi connectivity index (χ3n) is 4.57. The first-order valence-corrected chi connectivity index (χ1v) is 8.10. The van der Waals surface area contributed by atoms with E-state index >= 15 is 0 Å². The first-order chi connectivity index (χ1) is 11.5. The van der Waals surface area contributed by atoms with Crippen LogP contribution >= 0.6 is 0 Å². The van der Waals surface area contributed by atoms with E-state index in [0.717, 1.165) is 6.07 Å². The van der Waals surface area contributed by atoms with Crippen LogP contribution in [0.5, 0.6) is 0 Å². The van der Waals surface area contributed by atoms with Gasteiger partial charge in [0, 0.05) is 25.7 Å². The monoisotopic (exact) mass is 338 g/mol. The lowest BCUT2D eigenvalue weighted by Crippen LogP contribution is -2.43. The van der Waals surface area contributed by atoms with E-state index < -0.39 is 17.7 Å². The molecule has 1 unspecified atom stereocenters. The number of ketones is 1. The number of nitrogens with zero attached hydrogens (tertiary/aromatic N) is 1. The van der Waals surface area contributed by atoms with E-state index in [1.807, 2.05) is 0 Å². The van der Waals surface area contributed by atoms with Crippen molar-refractivity contribution in [3.8, 4) is 0 Å². The highest BCUT2D eigenvalue weighted by Gasteiger charge is 2.32. The third-order valence-corrected chi connectivity index (χ3v) is 4.57. The molecule has 0 radical (unpaired) electrons. The van der Waals surface area contributed by atoms with E-state index in [1.165, 1.54) is 12.1 Å². The van der Waals surface area contributed by atoms with Crippen LogP contribution < -0.4 is 5.32 Å². The number of hydrogen-bond donors (Lipinski definition) is 1. The zero-order valence-corrected chi connectivity index (χ0v) is 13.3. The zero-order chi connectivity index (χ0) is 17.1. The molecule has 1 amide bonds. The molecule has 0 aliphatic carbocycles. The summed E-state index contributed by atoms with van der Waals surface area (Å²) in [5.74, 6) is -1.75. The number of hydrogen-bond acceptors (Lipinski definition) is 4. The lowest BCUT2D eigenvalue weighted by molar-refractivity contribution is -0.139. The van der Waals surface area contributed by atoms with Gasteiger partial charge in [0.25, 0.3) is 0 Å². The number of benzene rings is 1. The van der Waals surface area contributed by atoms with Gasteiger partial charge < -0.3 is 15.0 Å². The van der Waals surface area contributed by atoms with E-state index in [-0.39, 0.29) is 24.0 Å². The van der Waals surface area contributed by atoms with Crippen LogP contribution in [0.25, 0.3) is 0 Å². The van der Waals surface area contributed by atoms with Crippen LogP contribution in [0.15, 0.2) is 18.2 Å². The van der Waals surface area contributed by atoms with Gasteiger partial charge in [-0.3, -0.25) is 9.59 Å². The molecule has 130 valence electrons.